The molecule has 0 aliphatic heterocycles. The molecule has 0 fully saturated rings. The maximum absolute atomic E-state index is 15.0. The highest BCUT2D eigenvalue weighted by Gasteiger charge is 2.35. The van der Waals surface area contributed by atoms with Crippen LogP contribution >= 0.6 is 0 Å². The van der Waals surface area contributed by atoms with Crippen LogP contribution < -0.4 is 10.5 Å². The van der Waals surface area contributed by atoms with Crippen LogP contribution in [-0.2, 0) is 17.8 Å². The van der Waals surface area contributed by atoms with Crippen molar-refractivity contribution in [3.05, 3.63) is 96.1 Å². The monoisotopic (exact) mass is 460 g/mol. The minimum atomic E-state index is -1.63. The smallest absolute Gasteiger partial charge is 0.181 e. The second kappa shape index (κ2) is 8.92. The Balaban J connectivity index is 1.44. The Morgan fingerprint density at radius 3 is 2.58 bits per heavy atom. The van der Waals surface area contributed by atoms with Crippen molar-refractivity contribution in [3.8, 4) is 22.4 Å². The van der Waals surface area contributed by atoms with Crippen molar-refractivity contribution in [2.45, 2.75) is 23.5 Å². The van der Waals surface area contributed by atoms with Crippen LogP contribution in [0.5, 0.6) is 0 Å². The maximum Gasteiger partial charge on any atom is 0.181 e. The number of nitrogens with two attached hydrogens (primary N) is 1. The lowest BCUT2D eigenvalue weighted by Gasteiger charge is -2.21. The van der Waals surface area contributed by atoms with Crippen LogP contribution in [0.15, 0.2) is 84.0 Å². The molecular weight excluding hydrogens is 439 g/mol. The molecule has 3 atom stereocenters. The number of anilines is 1. The molecule has 3 aromatic carbocycles. The summed E-state index contributed by atoms with van der Waals surface area (Å²) in [7, 11) is 0. The summed E-state index contributed by atoms with van der Waals surface area (Å²) in [5.74, 6) is -0.213. The number of nitrogens with zero attached hydrogens (tertiary/aromatic N) is 2. The lowest BCUT2D eigenvalue weighted by molar-refractivity contribution is 0.151. The molecule has 0 saturated heterocycles. The summed E-state index contributed by atoms with van der Waals surface area (Å²) in [6.07, 6.45) is 2.64. The van der Waals surface area contributed by atoms with E-state index in [1.165, 1.54) is 18.5 Å². The van der Waals surface area contributed by atoms with Gasteiger partial charge in [-0.1, -0.05) is 42.5 Å². The van der Waals surface area contributed by atoms with E-state index in [0.29, 0.717) is 33.7 Å². The van der Waals surface area contributed by atoms with Gasteiger partial charge < -0.3 is 15.4 Å². The van der Waals surface area contributed by atoms with E-state index in [2.05, 4.69) is 14.7 Å². The average molecular weight is 461 g/mol. The summed E-state index contributed by atoms with van der Waals surface area (Å²) in [5.41, 5.74) is 9.44. The Morgan fingerprint density at radius 2 is 1.79 bits per heavy atom. The zero-order valence-corrected chi connectivity index (χ0v) is 18.3. The van der Waals surface area contributed by atoms with Gasteiger partial charge in [-0.3, -0.25) is 4.98 Å². The van der Waals surface area contributed by atoms with E-state index < -0.39 is 29.3 Å². The van der Waals surface area contributed by atoms with Crippen molar-refractivity contribution >= 4 is 17.2 Å². The molecule has 0 spiro atoms. The van der Waals surface area contributed by atoms with E-state index in [4.69, 9.17) is 5.73 Å². The highest BCUT2D eigenvalue weighted by Crippen LogP contribution is 2.35. The molecular formula is C25H21FN4O2S. The van der Waals surface area contributed by atoms with Crippen molar-refractivity contribution in [1.29, 1.82) is 0 Å². The summed E-state index contributed by atoms with van der Waals surface area (Å²) in [6.45, 7) is 0. The van der Waals surface area contributed by atoms with Gasteiger partial charge in [0.2, 0.25) is 0 Å². The number of hydrogen-bond donors (Lipinski definition) is 3. The molecule has 0 saturated carbocycles. The quantitative estimate of drug-likeness (QED) is 0.391. The van der Waals surface area contributed by atoms with E-state index >= 15 is 0 Å². The molecule has 0 bridgehead atoms. The van der Waals surface area contributed by atoms with E-state index in [9.17, 15) is 14.0 Å². The number of aliphatic hydroxyl groups excluding tert-OH is 1. The van der Waals surface area contributed by atoms with Gasteiger partial charge in [0.25, 0.3) is 0 Å². The fourth-order valence-electron chi connectivity index (χ4n) is 4.13. The first-order valence-corrected chi connectivity index (χ1v) is 11.6. The van der Waals surface area contributed by atoms with Crippen LogP contribution in [0.3, 0.4) is 0 Å². The molecule has 4 N–H and O–H groups in total. The summed E-state index contributed by atoms with van der Waals surface area (Å²) in [4.78, 5) is 8.60. The van der Waals surface area contributed by atoms with E-state index in [0.717, 1.165) is 11.1 Å². The number of nitrogens with one attached hydrogen (secondary N) is 1. The van der Waals surface area contributed by atoms with Gasteiger partial charge >= 0.3 is 0 Å². The standard InChI is InChI=1S/C25H21FN4O2S/c26-20-11-16(9-10-19(20)21-13-29-24(27)14-28-21)17-6-3-4-8-23(17)33(32)30-25-18-7-2-1-5-15(18)12-22(25)31/h1-11,13-14,22,25,30-31H,12H2,(H2,27,29). The molecule has 0 radical (unpaired) electrons. The van der Waals surface area contributed by atoms with E-state index in [-0.39, 0.29) is 5.82 Å². The van der Waals surface area contributed by atoms with Gasteiger partial charge in [0.05, 0.1) is 35.6 Å². The molecule has 1 aromatic heterocycles. The molecule has 3 unspecified atom stereocenters. The Morgan fingerprint density at radius 1 is 1.00 bits per heavy atom. The van der Waals surface area contributed by atoms with Gasteiger partial charge in [0.1, 0.15) is 17.7 Å². The number of benzene rings is 3. The van der Waals surface area contributed by atoms with Crippen molar-refractivity contribution in [2.24, 2.45) is 0 Å². The van der Waals surface area contributed by atoms with E-state index in [1.807, 2.05) is 30.3 Å². The summed E-state index contributed by atoms with van der Waals surface area (Å²) >= 11 is -1.63. The zero-order valence-electron chi connectivity index (χ0n) is 17.5. The largest absolute Gasteiger partial charge is 0.593 e. The van der Waals surface area contributed by atoms with Crippen molar-refractivity contribution in [1.82, 2.24) is 14.7 Å². The SMILES string of the molecule is Nc1cnc(-c2ccc(-c3ccccc3[S+]([O-])NC3c4ccccc4CC3O)cc2F)cn1. The van der Waals surface area contributed by atoms with Gasteiger partial charge in [0.15, 0.2) is 4.90 Å². The number of rotatable bonds is 5. The Bertz CT molecular complexity index is 1300. The number of fused-ring (bicyclic) bond motifs is 1. The van der Waals surface area contributed by atoms with Gasteiger partial charge in [-0.25, -0.2) is 9.37 Å². The van der Waals surface area contributed by atoms with Crippen LogP contribution in [0, 0.1) is 5.82 Å². The Hall–Kier alpha value is -3.30. The first-order chi connectivity index (χ1) is 16.0. The average Bonchev–Trinajstić information content (AvgIpc) is 3.14. The molecule has 1 aliphatic rings. The van der Waals surface area contributed by atoms with Crippen LogP contribution in [0.2, 0.25) is 0 Å². The highest BCUT2D eigenvalue weighted by molar-refractivity contribution is 7.89. The van der Waals surface area contributed by atoms with Crippen molar-refractivity contribution in [2.75, 3.05) is 5.73 Å². The molecule has 166 valence electrons. The van der Waals surface area contributed by atoms with Crippen molar-refractivity contribution in [3.63, 3.8) is 0 Å². The van der Waals surface area contributed by atoms with Crippen LogP contribution in [0.4, 0.5) is 10.2 Å². The third kappa shape index (κ3) is 4.21. The molecule has 5 rings (SSSR count). The van der Waals surface area contributed by atoms with Crippen molar-refractivity contribution < 1.29 is 14.0 Å². The number of aliphatic hydroxyl groups is 1. The molecule has 1 aliphatic carbocycles. The lowest BCUT2D eigenvalue weighted by atomic mass is 10.0. The Labute approximate surface area is 193 Å². The van der Waals surface area contributed by atoms with Gasteiger partial charge in [-0.15, -0.1) is 4.72 Å². The third-order valence-electron chi connectivity index (χ3n) is 5.75. The predicted molar refractivity (Wildman–Crippen MR) is 126 cm³/mol. The molecule has 0 amide bonds. The second-order valence-electron chi connectivity index (χ2n) is 7.85. The molecule has 6 nitrogen and oxygen atoms in total. The number of hydrogen-bond acceptors (Lipinski definition) is 6. The molecule has 8 heteroatoms. The number of nitrogen functional groups attached to an aromatic ring is 1. The third-order valence-corrected chi connectivity index (χ3v) is 6.98. The van der Waals surface area contributed by atoms with Crippen LogP contribution in [-0.4, -0.2) is 25.7 Å². The predicted octanol–water partition coefficient (Wildman–Crippen LogP) is 3.80. The molecule has 4 aromatic rings. The number of halogens is 1. The molecule has 33 heavy (non-hydrogen) atoms. The fourth-order valence-corrected chi connectivity index (χ4v) is 5.36. The summed E-state index contributed by atoms with van der Waals surface area (Å²) < 4.78 is 31.4. The van der Waals surface area contributed by atoms with E-state index in [1.54, 1.807) is 30.3 Å². The lowest BCUT2D eigenvalue weighted by Crippen LogP contribution is -2.34. The normalized spacial score (nSPS) is 18.2. The van der Waals surface area contributed by atoms with Crippen LogP contribution in [0.25, 0.3) is 22.4 Å². The topological polar surface area (TPSA) is 107 Å². The zero-order chi connectivity index (χ0) is 22.9. The van der Waals surface area contributed by atoms with Gasteiger partial charge in [-0.2, -0.15) is 0 Å². The maximum atomic E-state index is 15.0. The van der Waals surface area contributed by atoms with Crippen LogP contribution in [0.1, 0.15) is 17.2 Å². The summed E-state index contributed by atoms with van der Waals surface area (Å²) in [5, 5.41) is 10.5. The molecule has 1 heterocycles. The number of aromatic nitrogens is 2. The highest BCUT2D eigenvalue weighted by atomic mass is 32.2. The van der Waals surface area contributed by atoms with Gasteiger partial charge in [-0.05, 0) is 41.0 Å². The Kier molecular flexibility index (Phi) is 5.82. The second-order valence-corrected chi connectivity index (χ2v) is 9.06. The first kappa shape index (κ1) is 21.5. The fraction of sp³-hybridized carbons (Fsp3) is 0.120. The minimum Gasteiger partial charge on any atom is -0.593 e. The first-order valence-electron chi connectivity index (χ1n) is 10.4. The summed E-state index contributed by atoms with van der Waals surface area (Å²) in [6, 6.07) is 19.2. The minimum absolute atomic E-state index is 0.259. The van der Waals surface area contributed by atoms with Gasteiger partial charge in [0, 0.05) is 17.5 Å².